The Hall–Kier alpha value is -0.350. The van der Waals surface area contributed by atoms with Gasteiger partial charge in [0.05, 0.1) is 6.61 Å². The lowest BCUT2D eigenvalue weighted by atomic mass is 10.1. The van der Waals surface area contributed by atoms with Crippen molar-refractivity contribution in [2.75, 3.05) is 26.8 Å². The monoisotopic (exact) mass is 331 g/mol. The van der Waals surface area contributed by atoms with Gasteiger partial charge in [-0.1, -0.05) is 46.1 Å². The highest BCUT2D eigenvalue weighted by Gasteiger charge is 2.01. The molecule has 1 N–H and O–H groups in total. The minimum atomic E-state index is 0.731. The smallest absolute Gasteiger partial charge is 0.0587 e. The van der Waals surface area contributed by atoms with Crippen LogP contribution < -0.4 is 5.32 Å². The SMILES string of the molecule is CC/C(=C/c1cc(Br)ccc1Cl)CNCCOC. The Morgan fingerprint density at radius 3 is 2.94 bits per heavy atom. The molecule has 18 heavy (non-hydrogen) atoms. The summed E-state index contributed by atoms with van der Waals surface area (Å²) in [5, 5.41) is 4.12. The molecule has 1 rings (SSSR count). The normalized spacial score (nSPS) is 11.9. The number of ether oxygens (including phenoxy) is 1. The molecule has 1 aromatic rings. The van der Waals surface area contributed by atoms with Gasteiger partial charge in [-0.25, -0.2) is 0 Å². The number of methoxy groups -OCH3 is 1. The molecule has 0 aliphatic carbocycles. The van der Waals surface area contributed by atoms with Gasteiger partial charge in [0.15, 0.2) is 0 Å². The van der Waals surface area contributed by atoms with Gasteiger partial charge in [0.25, 0.3) is 0 Å². The Kier molecular flexibility index (Phi) is 7.59. The summed E-state index contributed by atoms with van der Waals surface area (Å²) in [6.45, 7) is 4.60. The fourth-order valence-electron chi connectivity index (χ4n) is 1.55. The second-order valence-corrected chi connectivity index (χ2v) is 5.31. The van der Waals surface area contributed by atoms with Gasteiger partial charge in [-0.3, -0.25) is 0 Å². The summed E-state index contributed by atoms with van der Waals surface area (Å²) in [5.74, 6) is 0. The molecule has 0 amide bonds. The molecule has 0 bridgehead atoms. The van der Waals surface area contributed by atoms with E-state index in [4.69, 9.17) is 16.3 Å². The van der Waals surface area contributed by atoms with Crippen molar-refractivity contribution in [3.63, 3.8) is 0 Å². The van der Waals surface area contributed by atoms with Gasteiger partial charge in [0.1, 0.15) is 0 Å². The van der Waals surface area contributed by atoms with E-state index < -0.39 is 0 Å². The van der Waals surface area contributed by atoms with Gasteiger partial charge in [-0.05, 0) is 30.2 Å². The lowest BCUT2D eigenvalue weighted by Gasteiger charge is -2.08. The summed E-state index contributed by atoms with van der Waals surface area (Å²) in [4.78, 5) is 0. The zero-order valence-corrected chi connectivity index (χ0v) is 13.1. The molecule has 0 saturated heterocycles. The van der Waals surface area contributed by atoms with E-state index in [1.807, 2.05) is 18.2 Å². The predicted molar refractivity (Wildman–Crippen MR) is 82.2 cm³/mol. The van der Waals surface area contributed by atoms with Gasteiger partial charge in [-0.15, -0.1) is 0 Å². The zero-order chi connectivity index (χ0) is 13.4. The van der Waals surface area contributed by atoms with Crippen molar-refractivity contribution in [1.82, 2.24) is 5.32 Å². The predicted octanol–water partition coefficient (Wildman–Crippen LogP) is 4.13. The van der Waals surface area contributed by atoms with Crippen molar-refractivity contribution in [2.24, 2.45) is 0 Å². The molecule has 4 heteroatoms. The van der Waals surface area contributed by atoms with Crippen LogP contribution in [0.1, 0.15) is 18.9 Å². The van der Waals surface area contributed by atoms with Gasteiger partial charge in [0.2, 0.25) is 0 Å². The second kappa shape index (κ2) is 8.70. The molecule has 0 atom stereocenters. The molecule has 0 spiro atoms. The van der Waals surface area contributed by atoms with Crippen molar-refractivity contribution in [3.05, 3.63) is 38.8 Å². The standard InChI is InChI=1S/C14H19BrClNO/c1-3-11(10-17-6-7-18-2)8-12-9-13(15)4-5-14(12)16/h4-5,8-9,17H,3,6-7,10H2,1-2H3/b11-8-. The average Bonchev–Trinajstić information content (AvgIpc) is 2.37. The van der Waals surface area contributed by atoms with Crippen LogP contribution in [-0.4, -0.2) is 26.8 Å². The van der Waals surface area contributed by atoms with Crippen LogP contribution >= 0.6 is 27.5 Å². The maximum absolute atomic E-state index is 6.18. The fraction of sp³-hybridized carbons (Fsp3) is 0.429. The van der Waals surface area contributed by atoms with Gasteiger partial charge in [0, 0.05) is 29.7 Å². The van der Waals surface area contributed by atoms with E-state index in [9.17, 15) is 0 Å². The number of hydrogen-bond acceptors (Lipinski definition) is 2. The first-order valence-corrected chi connectivity index (χ1v) is 7.18. The van der Waals surface area contributed by atoms with Crippen molar-refractivity contribution in [2.45, 2.75) is 13.3 Å². The highest BCUT2D eigenvalue weighted by Crippen LogP contribution is 2.23. The molecule has 0 aliphatic heterocycles. The lowest BCUT2D eigenvalue weighted by molar-refractivity contribution is 0.200. The molecule has 0 aliphatic rings. The molecule has 100 valence electrons. The number of nitrogens with one attached hydrogen (secondary N) is 1. The first-order valence-electron chi connectivity index (χ1n) is 6.01. The fourth-order valence-corrected chi connectivity index (χ4v) is 2.10. The van der Waals surface area contributed by atoms with Crippen LogP contribution in [0.3, 0.4) is 0 Å². The van der Waals surface area contributed by atoms with Crippen LogP contribution in [0.15, 0.2) is 28.2 Å². The van der Waals surface area contributed by atoms with Crippen LogP contribution in [0.4, 0.5) is 0 Å². The van der Waals surface area contributed by atoms with Crippen LogP contribution in [0.5, 0.6) is 0 Å². The summed E-state index contributed by atoms with van der Waals surface area (Å²) in [5.41, 5.74) is 2.38. The van der Waals surface area contributed by atoms with Gasteiger partial charge in [-0.2, -0.15) is 0 Å². The first kappa shape index (κ1) is 15.7. The third-order valence-electron chi connectivity index (χ3n) is 2.61. The Labute approximate surface area is 122 Å². The van der Waals surface area contributed by atoms with E-state index >= 15 is 0 Å². The summed E-state index contributed by atoms with van der Waals surface area (Å²) >= 11 is 9.64. The number of benzene rings is 1. The third-order valence-corrected chi connectivity index (χ3v) is 3.44. The average molecular weight is 333 g/mol. The Morgan fingerprint density at radius 1 is 1.50 bits per heavy atom. The Balaban J connectivity index is 2.68. The van der Waals surface area contributed by atoms with E-state index in [0.717, 1.165) is 41.2 Å². The quantitative estimate of drug-likeness (QED) is 0.758. The minimum absolute atomic E-state index is 0.731. The van der Waals surface area contributed by atoms with Crippen LogP contribution in [0, 0.1) is 0 Å². The molecule has 2 nitrogen and oxygen atoms in total. The largest absolute Gasteiger partial charge is 0.383 e. The van der Waals surface area contributed by atoms with Crippen molar-refractivity contribution >= 4 is 33.6 Å². The van der Waals surface area contributed by atoms with Crippen molar-refractivity contribution < 1.29 is 4.74 Å². The zero-order valence-electron chi connectivity index (χ0n) is 10.8. The number of hydrogen-bond donors (Lipinski definition) is 1. The van der Waals surface area contributed by atoms with Crippen LogP contribution in [0.25, 0.3) is 6.08 Å². The summed E-state index contributed by atoms with van der Waals surface area (Å²) in [6.07, 6.45) is 3.15. The topological polar surface area (TPSA) is 21.3 Å². The summed E-state index contributed by atoms with van der Waals surface area (Å²) in [6, 6.07) is 5.89. The van der Waals surface area contributed by atoms with Crippen molar-refractivity contribution in [3.8, 4) is 0 Å². The molecular weight excluding hydrogens is 314 g/mol. The van der Waals surface area contributed by atoms with Gasteiger partial charge < -0.3 is 10.1 Å². The molecule has 0 unspecified atom stereocenters. The Bertz CT molecular complexity index is 407. The maximum atomic E-state index is 6.18. The Morgan fingerprint density at radius 2 is 2.28 bits per heavy atom. The summed E-state index contributed by atoms with van der Waals surface area (Å²) < 4.78 is 6.04. The highest BCUT2D eigenvalue weighted by molar-refractivity contribution is 9.10. The van der Waals surface area contributed by atoms with E-state index in [0.29, 0.717) is 0 Å². The van der Waals surface area contributed by atoms with Gasteiger partial charge >= 0.3 is 0 Å². The highest BCUT2D eigenvalue weighted by atomic mass is 79.9. The first-order chi connectivity index (χ1) is 8.67. The van der Waals surface area contributed by atoms with E-state index in [1.165, 1.54) is 5.57 Å². The molecule has 0 saturated carbocycles. The van der Waals surface area contributed by atoms with Crippen LogP contribution in [-0.2, 0) is 4.74 Å². The second-order valence-electron chi connectivity index (χ2n) is 3.99. The third kappa shape index (κ3) is 5.53. The number of halogens is 2. The molecule has 0 radical (unpaired) electrons. The van der Waals surface area contributed by atoms with E-state index in [1.54, 1.807) is 7.11 Å². The number of rotatable bonds is 7. The molecule has 0 heterocycles. The molecule has 1 aromatic carbocycles. The molecular formula is C14H19BrClNO. The molecule has 0 aromatic heterocycles. The van der Waals surface area contributed by atoms with Crippen molar-refractivity contribution in [1.29, 1.82) is 0 Å². The lowest BCUT2D eigenvalue weighted by Crippen LogP contribution is -2.21. The van der Waals surface area contributed by atoms with E-state index in [-0.39, 0.29) is 0 Å². The minimum Gasteiger partial charge on any atom is -0.383 e. The summed E-state index contributed by atoms with van der Waals surface area (Å²) in [7, 11) is 1.71. The maximum Gasteiger partial charge on any atom is 0.0587 e. The van der Waals surface area contributed by atoms with Crippen LogP contribution in [0.2, 0.25) is 5.02 Å². The molecule has 0 fully saturated rings. The van der Waals surface area contributed by atoms with E-state index in [2.05, 4.69) is 34.2 Å².